The summed E-state index contributed by atoms with van der Waals surface area (Å²) in [7, 11) is 0. The second-order valence-electron chi connectivity index (χ2n) is 5.67. The minimum atomic E-state index is -0.0628. The van der Waals surface area contributed by atoms with E-state index in [1.165, 1.54) is 36.8 Å². The van der Waals surface area contributed by atoms with Gasteiger partial charge in [0.2, 0.25) is 0 Å². The highest BCUT2D eigenvalue weighted by Crippen LogP contribution is 2.31. The molecule has 1 aromatic rings. The van der Waals surface area contributed by atoms with Gasteiger partial charge in [-0.1, -0.05) is 26.2 Å². The fourth-order valence-electron chi connectivity index (χ4n) is 2.91. The molecule has 1 aromatic heterocycles. The number of halogens is 1. The van der Waals surface area contributed by atoms with Crippen molar-refractivity contribution in [1.29, 1.82) is 0 Å². The normalized spacial score (nSPS) is 22.8. The fraction of sp³-hybridized carbons (Fsp3) is 0.733. The number of aromatic nitrogens is 2. The van der Waals surface area contributed by atoms with Crippen LogP contribution >= 0.6 is 15.9 Å². The van der Waals surface area contributed by atoms with Crippen molar-refractivity contribution in [3.05, 3.63) is 21.0 Å². The zero-order valence-electron chi connectivity index (χ0n) is 12.4. The predicted octanol–water partition coefficient (Wildman–Crippen LogP) is 3.65. The molecular formula is C15H24BrN3O. The maximum atomic E-state index is 12.0. The summed E-state index contributed by atoms with van der Waals surface area (Å²) in [4.78, 5) is 12.0. The minimum Gasteiger partial charge on any atom is -0.382 e. The average molecular weight is 342 g/mol. The van der Waals surface area contributed by atoms with E-state index in [4.69, 9.17) is 0 Å². The van der Waals surface area contributed by atoms with Gasteiger partial charge in [0.1, 0.15) is 4.47 Å². The molecule has 1 saturated carbocycles. The molecule has 1 fully saturated rings. The summed E-state index contributed by atoms with van der Waals surface area (Å²) in [5, 5.41) is 7.54. The Bertz CT molecular complexity index is 492. The van der Waals surface area contributed by atoms with Gasteiger partial charge < -0.3 is 5.32 Å². The van der Waals surface area contributed by atoms with Crippen LogP contribution in [0, 0.1) is 11.8 Å². The van der Waals surface area contributed by atoms with Gasteiger partial charge in [-0.2, -0.15) is 5.10 Å². The average Bonchev–Trinajstić information content (AvgIpc) is 2.49. The molecule has 0 radical (unpaired) electrons. The molecule has 0 amide bonds. The Morgan fingerprint density at radius 1 is 1.30 bits per heavy atom. The molecule has 2 rings (SSSR count). The van der Waals surface area contributed by atoms with E-state index in [0.29, 0.717) is 11.0 Å². The smallest absolute Gasteiger partial charge is 0.283 e. The lowest BCUT2D eigenvalue weighted by Crippen LogP contribution is -2.25. The number of rotatable bonds is 5. The van der Waals surface area contributed by atoms with Crippen molar-refractivity contribution in [2.45, 2.75) is 52.5 Å². The first-order chi connectivity index (χ1) is 9.65. The molecular weight excluding hydrogens is 318 g/mol. The van der Waals surface area contributed by atoms with Crippen LogP contribution < -0.4 is 10.9 Å². The van der Waals surface area contributed by atoms with Crippen LogP contribution in [0.1, 0.15) is 46.0 Å². The lowest BCUT2D eigenvalue weighted by Gasteiger charge is -2.28. The van der Waals surface area contributed by atoms with E-state index < -0.39 is 0 Å². The highest BCUT2D eigenvalue weighted by atomic mass is 79.9. The summed E-state index contributed by atoms with van der Waals surface area (Å²) < 4.78 is 2.05. The molecule has 0 unspecified atom stereocenters. The monoisotopic (exact) mass is 341 g/mol. The van der Waals surface area contributed by atoms with Crippen molar-refractivity contribution in [2.24, 2.45) is 11.8 Å². The third kappa shape index (κ3) is 3.62. The first kappa shape index (κ1) is 15.5. The van der Waals surface area contributed by atoms with Crippen LogP contribution in [0.3, 0.4) is 0 Å². The van der Waals surface area contributed by atoms with Gasteiger partial charge in [0.25, 0.3) is 5.56 Å². The Morgan fingerprint density at radius 3 is 2.55 bits per heavy atom. The molecule has 0 aliphatic heterocycles. The molecule has 1 aliphatic carbocycles. The molecule has 0 atom stereocenters. The zero-order chi connectivity index (χ0) is 14.5. The summed E-state index contributed by atoms with van der Waals surface area (Å²) in [6.45, 7) is 5.74. The van der Waals surface area contributed by atoms with Crippen molar-refractivity contribution < 1.29 is 0 Å². The zero-order valence-corrected chi connectivity index (χ0v) is 13.9. The van der Waals surface area contributed by atoms with E-state index in [2.05, 4.69) is 33.3 Å². The lowest BCUT2D eigenvalue weighted by atomic mass is 9.81. The van der Waals surface area contributed by atoms with E-state index in [0.717, 1.165) is 24.1 Å². The second kappa shape index (κ2) is 7.25. The first-order valence-corrected chi connectivity index (χ1v) is 8.44. The Balaban J connectivity index is 1.92. The number of nitrogens with one attached hydrogen (secondary N) is 1. The van der Waals surface area contributed by atoms with Gasteiger partial charge in [0.05, 0.1) is 11.9 Å². The van der Waals surface area contributed by atoms with Crippen LogP contribution in [0.5, 0.6) is 0 Å². The van der Waals surface area contributed by atoms with Crippen LogP contribution in [0.15, 0.2) is 15.5 Å². The fourth-order valence-corrected chi connectivity index (χ4v) is 3.36. The molecule has 4 nitrogen and oxygen atoms in total. The van der Waals surface area contributed by atoms with Gasteiger partial charge in [-0.3, -0.25) is 4.79 Å². The third-order valence-corrected chi connectivity index (χ3v) is 5.18. The van der Waals surface area contributed by atoms with E-state index in [9.17, 15) is 4.79 Å². The van der Waals surface area contributed by atoms with Gasteiger partial charge in [-0.15, -0.1) is 0 Å². The topological polar surface area (TPSA) is 46.9 Å². The van der Waals surface area contributed by atoms with Crippen LogP contribution in [0.25, 0.3) is 0 Å². The number of nitrogens with zero attached hydrogens (tertiary/aromatic N) is 2. The van der Waals surface area contributed by atoms with Crippen molar-refractivity contribution in [1.82, 2.24) is 9.78 Å². The molecule has 1 aliphatic rings. The molecule has 20 heavy (non-hydrogen) atoms. The Kier molecular flexibility index (Phi) is 5.64. The van der Waals surface area contributed by atoms with E-state index in [1.54, 1.807) is 6.20 Å². The second-order valence-corrected chi connectivity index (χ2v) is 6.46. The van der Waals surface area contributed by atoms with Gasteiger partial charge in [0, 0.05) is 13.1 Å². The van der Waals surface area contributed by atoms with Crippen molar-refractivity contribution in [3.8, 4) is 0 Å². The van der Waals surface area contributed by atoms with Crippen molar-refractivity contribution in [3.63, 3.8) is 0 Å². The predicted molar refractivity (Wildman–Crippen MR) is 86.1 cm³/mol. The van der Waals surface area contributed by atoms with Crippen LogP contribution in [0.4, 0.5) is 5.69 Å². The minimum absolute atomic E-state index is 0.0628. The molecule has 0 spiro atoms. The molecule has 1 N–H and O–H groups in total. The van der Waals surface area contributed by atoms with Gasteiger partial charge in [0.15, 0.2) is 0 Å². The van der Waals surface area contributed by atoms with Crippen LogP contribution in [-0.4, -0.2) is 16.3 Å². The Labute approximate surface area is 129 Å². The van der Waals surface area contributed by atoms with Gasteiger partial charge in [-0.05, 0) is 47.5 Å². The van der Waals surface area contributed by atoms with Gasteiger partial charge >= 0.3 is 0 Å². The summed E-state index contributed by atoms with van der Waals surface area (Å²) in [5.41, 5.74) is 0.754. The van der Waals surface area contributed by atoms with Crippen LogP contribution in [0.2, 0.25) is 0 Å². The van der Waals surface area contributed by atoms with E-state index >= 15 is 0 Å². The van der Waals surface area contributed by atoms with Crippen LogP contribution in [-0.2, 0) is 6.54 Å². The summed E-state index contributed by atoms with van der Waals surface area (Å²) in [5.74, 6) is 1.64. The summed E-state index contributed by atoms with van der Waals surface area (Å²) in [6, 6.07) is 0. The number of hydrogen-bond acceptors (Lipinski definition) is 3. The molecule has 0 bridgehead atoms. The largest absolute Gasteiger partial charge is 0.382 e. The van der Waals surface area contributed by atoms with E-state index in [-0.39, 0.29) is 5.56 Å². The summed E-state index contributed by atoms with van der Waals surface area (Å²) in [6.07, 6.45) is 8.34. The van der Waals surface area contributed by atoms with E-state index in [1.807, 2.05) is 6.92 Å². The summed E-state index contributed by atoms with van der Waals surface area (Å²) >= 11 is 3.38. The quantitative estimate of drug-likeness (QED) is 0.888. The van der Waals surface area contributed by atoms with Crippen molar-refractivity contribution >= 4 is 21.6 Å². The van der Waals surface area contributed by atoms with Crippen molar-refractivity contribution in [2.75, 3.05) is 11.9 Å². The third-order valence-electron chi connectivity index (χ3n) is 4.41. The maximum Gasteiger partial charge on any atom is 0.283 e. The highest BCUT2D eigenvalue weighted by molar-refractivity contribution is 9.10. The number of hydrogen-bond donors (Lipinski definition) is 1. The standard InChI is InChI=1S/C15H24BrN3O/c1-3-11-5-7-12(8-6-11)9-17-13-10-18-19(4-2)15(20)14(13)16/h10-12,17H,3-9H2,1-2H3. The molecule has 5 heteroatoms. The molecule has 0 saturated heterocycles. The highest BCUT2D eigenvalue weighted by Gasteiger charge is 2.20. The molecule has 1 heterocycles. The lowest BCUT2D eigenvalue weighted by molar-refractivity contribution is 0.278. The Morgan fingerprint density at radius 2 is 1.95 bits per heavy atom. The maximum absolute atomic E-state index is 12.0. The Hall–Kier alpha value is -0.840. The van der Waals surface area contributed by atoms with Gasteiger partial charge in [-0.25, -0.2) is 4.68 Å². The number of anilines is 1. The molecule has 0 aromatic carbocycles. The molecule has 112 valence electrons. The SMILES string of the molecule is CCC1CCC(CNc2cnn(CC)c(=O)c2Br)CC1. The first-order valence-electron chi connectivity index (χ1n) is 7.65. The number of aryl methyl sites for hydroxylation is 1.